The van der Waals surface area contributed by atoms with E-state index in [1.807, 2.05) is 19.1 Å². The molecule has 0 spiro atoms. The molecule has 0 fully saturated rings. The second-order valence-electron chi connectivity index (χ2n) is 8.16. The van der Waals surface area contributed by atoms with Crippen LogP contribution in [0.4, 0.5) is 13.2 Å². The number of carbonyl (C=O) groups is 1. The highest BCUT2D eigenvalue weighted by Crippen LogP contribution is 2.36. The molecule has 5 rings (SSSR count). The third-order valence-corrected chi connectivity index (χ3v) is 7.10. The van der Waals surface area contributed by atoms with E-state index in [1.54, 1.807) is 35.8 Å². The zero-order valence-electron chi connectivity index (χ0n) is 18.6. The third-order valence-electron chi connectivity index (χ3n) is 5.88. The molecule has 0 saturated carbocycles. The molecule has 0 aliphatic heterocycles. The summed E-state index contributed by atoms with van der Waals surface area (Å²) in [5, 5.41) is 5.86. The van der Waals surface area contributed by atoms with Crippen LogP contribution in [-0.4, -0.2) is 15.5 Å². The number of thiophene rings is 1. The van der Waals surface area contributed by atoms with E-state index < -0.39 is 17.3 Å². The number of halogens is 4. The molecule has 182 valence electrons. The number of benzene rings is 2. The van der Waals surface area contributed by atoms with Crippen LogP contribution >= 0.6 is 22.9 Å². The van der Waals surface area contributed by atoms with Gasteiger partial charge in [-0.1, -0.05) is 17.7 Å². The summed E-state index contributed by atoms with van der Waals surface area (Å²) in [5.41, 5.74) is 0.494. The van der Waals surface area contributed by atoms with Gasteiger partial charge in [0.25, 0.3) is 11.5 Å². The van der Waals surface area contributed by atoms with Gasteiger partial charge in [0.15, 0.2) is 0 Å². The lowest BCUT2D eigenvalue weighted by atomic mass is 10.0. The van der Waals surface area contributed by atoms with E-state index >= 15 is 0 Å². The predicted molar refractivity (Wildman–Crippen MR) is 135 cm³/mol. The molecule has 0 radical (unpaired) electrons. The second kappa shape index (κ2) is 9.07. The number of rotatable bonds is 4. The number of aromatic nitrogens is 2. The molecule has 36 heavy (non-hydrogen) atoms. The number of fused-ring (bicyclic) bond motifs is 3. The predicted octanol–water partition coefficient (Wildman–Crippen LogP) is 6.76. The smallest absolute Gasteiger partial charge is 0.344 e. The largest absolute Gasteiger partial charge is 0.416 e. The van der Waals surface area contributed by atoms with Crippen LogP contribution in [0.3, 0.4) is 0 Å². The molecule has 0 saturated heterocycles. The molecular formula is C26H17ClF3N3O2S. The van der Waals surface area contributed by atoms with Gasteiger partial charge in [-0.05, 0) is 61.5 Å². The molecule has 5 nitrogen and oxygen atoms in total. The van der Waals surface area contributed by atoms with Crippen molar-refractivity contribution in [3.8, 4) is 5.69 Å². The molecule has 10 heteroatoms. The molecule has 0 unspecified atom stereocenters. The Morgan fingerprint density at radius 1 is 1.08 bits per heavy atom. The van der Waals surface area contributed by atoms with Crippen LogP contribution in [0.1, 0.15) is 34.6 Å². The molecular weight excluding hydrogens is 511 g/mol. The number of hydrogen-bond acceptors (Lipinski definition) is 4. The molecule has 1 atom stereocenters. The Kier molecular flexibility index (Phi) is 6.05. The topological polar surface area (TPSA) is 64.0 Å². The Morgan fingerprint density at radius 3 is 2.50 bits per heavy atom. The van der Waals surface area contributed by atoms with Crippen molar-refractivity contribution in [3.63, 3.8) is 0 Å². The van der Waals surface area contributed by atoms with E-state index in [9.17, 15) is 22.8 Å². The molecule has 1 N–H and O–H groups in total. The van der Waals surface area contributed by atoms with Crippen LogP contribution in [0.25, 0.3) is 27.4 Å². The first-order valence-corrected chi connectivity index (χ1v) is 12.1. The van der Waals surface area contributed by atoms with Crippen molar-refractivity contribution in [1.29, 1.82) is 0 Å². The van der Waals surface area contributed by atoms with Gasteiger partial charge in [-0.25, -0.2) is 0 Å². The van der Waals surface area contributed by atoms with Crippen molar-refractivity contribution in [1.82, 2.24) is 14.9 Å². The van der Waals surface area contributed by atoms with Crippen LogP contribution in [0.5, 0.6) is 0 Å². The zero-order chi connectivity index (χ0) is 25.6. The first-order valence-electron chi connectivity index (χ1n) is 10.8. The van der Waals surface area contributed by atoms with E-state index in [2.05, 4.69) is 10.3 Å². The van der Waals surface area contributed by atoms with Gasteiger partial charge < -0.3 is 5.32 Å². The van der Waals surface area contributed by atoms with Gasteiger partial charge in [0.1, 0.15) is 4.34 Å². The average Bonchev–Trinajstić information content (AvgIpc) is 3.26. The number of amides is 1. The van der Waals surface area contributed by atoms with Crippen molar-refractivity contribution < 1.29 is 18.0 Å². The number of alkyl halides is 3. The lowest BCUT2D eigenvalue weighted by Crippen LogP contribution is -2.27. The molecule has 5 aromatic rings. The SMILES string of the molecule is C[C@H](NC(=O)c1ccc2c(c1)c1c(Cl)scc1c(=O)n2-c1ccc(C(F)(F)F)cc1)c1ccccn1. The summed E-state index contributed by atoms with van der Waals surface area (Å²) >= 11 is 7.60. The van der Waals surface area contributed by atoms with Gasteiger partial charge in [0.2, 0.25) is 0 Å². The molecule has 0 aliphatic carbocycles. The number of pyridine rings is 2. The van der Waals surface area contributed by atoms with E-state index in [-0.39, 0.29) is 17.6 Å². The Labute approximate surface area is 211 Å². The Bertz CT molecular complexity index is 1660. The maximum absolute atomic E-state index is 13.4. The van der Waals surface area contributed by atoms with Crippen LogP contribution < -0.4 is 10.9 Å². The minimum Gasteiger partial charge on any atom is -0.344 e. The van der Waals surface area contributed by atoms with Crippen LogP contribution in [0.15, 0.2) is 77.0 Å². The second-order valence-corrected chi connectivity index (χ2v) is 9.65. The maximum Gasteiger partial charge on any atom is 0.416 e. The van der Waals surface area contributed by atoms with Gasteiger partial charge >= 0.3 is 6.18 Å². The van der Waals surface area contributed by atoms with Gasteiger partial charge in [-0.15, -0.1) is 11.3 Å². The molecule has 3 heterocycles. The van der Waals surface area contributed by atoms with Gasteiger partial charge in [0, 0.05) is 33.6 Å². The van der Waals surface area contributed by atoms with Crippen molar-refractivity contribution >= 4 is 50.5 Å². The van der Waals surface area contributed by atoms with Crippen molar-refractivity contribution in [2.24, 2.45) is 0 Å². The Hall–Kier alpha value is -3.69. The zero-order valence-corrected chi connectivity index (χ0v) is 20.2. The highest BCUT2D eigenvalue weighted by Gasteiger charge is 2.30. The Balaban J connectivity index is 1.64. The summed E-state index contributed by atoms with van der Waals surface area (Å²) in [7, 11) is 0. The molecule has 2 aromatic carbocycles. The normalized spacial score (nSPS) is 12.7. The number of nitrogens with zero attached hydrogens (tertiary/aromatic N) is 2. The van der Waals surface area contributed by atoms with Crippen LogP contribution in [0.2, 0.25) is 4.34 Å². The first-order chi connectivity index (χ1) is 17.1. The fourth-order valence-corrected chi connectivity index (χ4v) is 5.20. The van der Waals surface area contributed by atoms with E-state index in [0.29, 0.717) is 37.3 Å². The summed E-state index contributed by atoms with van der Waals surface area (Å²) in [5.74, 6) is -0.346. The number of nitrogens with one attached hydrogen (secondary N) is 1. The summed E-state index contributed by atoms with van der Waals surface area (Å²) in [6, 6.07) is 14.2. The highest BCUT2D eigenvalue weighted by atomic mass is 35.5. The van der Waals surface area contributed by atoms with Gasteiger partial charge in [-0.3, -0.25) is 19.1 Å². The Morgan fingerprint density at radius 2 is 1.83 bits per heavy atom. The van der Waals surface area contributed by atoms with Gasteiger partial charge in [-0.2, -0.15) is 13.2 Å². The minimum absolute atomic E-state index is 0.267. The van der Waals surface area contributed by atoms with Crippen LogP contribution in [0, 0.1) is 0 Å². The number of carbonyl (C=O) groups excluding carboxylic acids is 1. The summed E-state index contributed by atoms with van der Waals surface area (Å²) < 4.78 is 40.9. The van der Waals surface area contributed by atoms with Crippen molar-refractivity contribution in [2.45, 2.75) is 19.1 Å². The van der Waals surface area contributed by atoms with Gasteiger partial charge in [0.05, 0.1) is 28.2 Å². The lowest BCUT2D eigenvalue weighted by molar-refractivity contribution is -0.137. The minimum atomic E-state index is -4.49. The van der Waals surface area contributed by atoms with E-state index in [4.69, 9.17) is 11.6 Å². The standard InChI is InChI=1S/C26H17ClF3N3O2S/c1-14(20-4-2-3-11-31-20)32-24(34)15-5-10-21-18(12-15)22-19(13-36-23(22)27)25(35)33(21)17-8-6-16(7-9-17)26(28,29)30/h2-14H,1H3,(H,32,34)/t14-/m0/s1. The maximum atomic E-state index is 13.4. The molecule has 1 amide bonds. The summed E-state index contributed by atoms with van der Waals surface area (Å²) in [4.78, 5) is 30.7. The quantitative estimate of drug-likeness (QED) is 0.281. The molecule has 0 bridgehead atoms. The molecule has 3 aromatic heterocycles. The average molecular weight is 528 g/mol. The van der Waals surface area contributed by atoms with E-state index in [0.717, 1.165) is 12.1 Å². The van der Waals surface area contributed by atoms with Crippen LogP contribution in [-0.2, 0) is 6.18 Å². The summed E-state index contributed by atoms with van der Waals surface area (Å²) in [6.07, 6.45) is -2.85. The number of hydrogen-bond donors (Lipinski definition) is 1. The summed E-state index contributed by atoms with van der Waals surface area (Å²) in [6.45, 7) is 1.82. The van der Waals surface area contributed by atoms with Crippen molar-refractivity contribution in [2.75, 3.05) is 0 Å². The fourth-order valence-electron chi connectivity index (χ4n) is 4.09. The van der Waals surface area contributed by atoms with Crippen molar-refractivity contribution in [3.05, 3.63) is 104 Å². The fraction of sp³-hybridized carbons (Fsp3) is 0.115. The molecule has 0 aliphatic rings. The third kappa shape index (κ3) is 4.25. The lowest BCUT2D eigenvalue weighted by Gasteiger charge is -2.16. The highest BCUT2D eigenvalue weighted by molar-refractivity contribution is 7.16. The first kappa shape index (κ1) is 24.0. The monoisotopic (exact) mass is 527 g/mol. The van der Waals surface area contributed by atoms with E-state index in [1.165, 1.54) is 28.0 Å².